The van der Waals surface area contributed by atoms with Gasteiger partial charge in [-0.3, -0.25) is 4.79 Å². The first-order valence-electron chi connectivity index (χ1n) is 5.98. The van der Waals surface area contributed by atoms with Crippen LogP contribution in [0.15, 0.2) is 24.3 Å². The first-order chi connectivity index (χ1) is 8.97. The Hall–Kier alpha value is -2.11. The van der Waals surface area contributed by atoms with E-state index in [1.807, 2.05) is 0 Å². The number of benzene rings is 1. The summed E-state index contributed by atoms with van der Waals surface area (Å²) in [5.74, 6) is -1.25. The molecule has 0 bridgehead atoms. The molecule has 6 heteroatoms. The predicted molar refractivity (Wildman–Crippen MR) is 68.4 cm³/mol. The normalized spacial score (nSPS) is 11.7. The quantitative estimate of drug-likeness (QED) is 0.732. The van der Waals surface area contributed by atoms with Crippen LogP contribution in [0.25, 0.3) is 0 Å². The van der Waals surface area contributed by atoms with Crippen molar-refractivity contribution in [2.24, 2.45) is 0 Å². The minimum absolute atomic E-state index is 0.120. The Kier molecular flexibility index (Phi) is 5.78. The van der Waals surface area contributed by atoms with Gasteiger partial charge in [0.1, 0.15) is 5.82 Å². The second kappa shape index (κ2) is 7.35. The van der Waals surface area contributed by atoms with Crippen molar-refractivity contribution in [2.75, 3.05) is 6.54 Å². The third-order valence-electron chi connectivity index (χ3n) is 2.47. The fraction of sp³-hybridized carbons (Fsp3) is 0.385. The number of urea groups is 1. The van der Waals surface area contributed by atoms with Gasteiger partial charge in [0.15, 0.2) is 0 Å². The predicted octanol–water partition coefficient (Wildman–Crippen LogP) is 1.53. The van der Waals surface area contributed by atoms with E-state index in [1.165, 1.54) is 12.1 Å². The van der Waals surface area contributed by atoms with Gasteiger partial charge in [-0.05, 0) is 31.0 Å². The van der Waals surface area contributed by atoms with Crippen molar-refractivity contribution >= 4 is 12.0 Å². The van der Waals surface area contributed by atoms with Gasteiger partial charge in [-0.25, -0.2) is 9.18 Å². The third-order valence-corrected chi connectivity index (χ3v) is 2.47. The van der Waals surface area contributed by atoms with Crippen LogP contribution >= 0.6 is 0 Å². The summed E-state index contributed by atoms with van der Waals surface area (Å²) in [6, 6.07) is 5.21. The molecule has 5 nitrogen and oxygen atoms in total. The Morgan fingerprint density at radius 3 is 2.53 bits per heavy atom. The van der Waals surface area contributed by atoms with E-state index in [0.29, 0.717) is 13.0 Å². The average Bonchev–Trinajstić information content (AvgIpc) is 2.30. The van der Waals surface area contributed by atoms with E-state index in [9.17, 15) is 14.0 Å². The number of carboxylic acid groups (broad SMARTS) is 1. The fourth-order valence-electron chi connectivity index (χ4n) is 1.56. The molecule has 19 heavy (non-hydrogen) atoms. The number of carbonyl (C=O) groups excluding carboxylic acids is 1. The molecule has 0 aliphatic carbocycles. The number of carboxylic acids is 1. The molecule has 1 unspecified atom stereocenters. The smallest absolute Gasteiger partial charge is 0.315 e. The first kappa shape index (κ1) is 14.9. The Bertz CT molecular complexity index is 434. The maximum Gasteiger partial charge on any atom is 0.315 e. The Balaban J connectivity index is 2.23. The van der Waals surface area contributed by atoms with Gasteiger partial charge in [0.2, 0.25) is 0 Å². The van der Waals surface area contributed by atoms with E-state index in [2.05, 4.69) is 10.6 Å². The molecule has 1 aromatic rings. The van der Waals surface area contributed by atoms with Crippen LogP contribution in [0.5, 0.6) is 0 Å². The van der Waals surface area contributed by atoms with Gasteiger partial charge in [0.05, 0.1) is 6.42 Å². The first-order valence-corrected chi connectivity index (χ1v) is 5.98. The van der Waals surface area contributed by atoms with Crippen LogP contribution in [0.1, 0.15) is 18.9 Å². The molecule has 1 aromatic carbocycles. The van der Waals surface area contributed by atoms with Crippen LogP contribution in [-0.2, 0) is 11.2 Å². The van der Waals surface area contributed by atoms with Crippen LogP contribution in [0.4, 0.5) is 9.18 Å². The molecule has 2 amide bonds. The number of nitrogens with one attached hydrogen (secondary N) is 2. The average molecular weight is 268 g/mol. The highest BCUT2D eigenvalue weighted by Gasteiger charge is 2.10. The SMILES string of the molecule is CC(CC(=O)O)NC(=O)NCCc1ccc(F)cc1. The minimum Gasteiger partial charge on any atom is -0.481 e. The summed E-state index contributed by atoms with van der Waals surface area (Å²) < 4.78 is 12.7. The van der Waals surface area contributed by atoms with Gasteiger partial charge in [0.25, 0.3) is 0 Å². The van der Waals surface area contributed by atoms with Crippen LogP contribution in [0.2, 0.25) is 0 Å². The Labute approximate surface area is 110 Å². The van der Waals surface area contributed by atoms with E-state index >= 15 is 0 Å². The lowest BCUT2D eigenvalue weighted by Gasteiger charge is -2.12. The summed E-state index contributed by atoms with van der Waals surface area (Å²) in [7, 11) is 0. The highest BCUT2D eigenvalue weighted by atomic mass is 19.1. The van der Waals surface area contributed by atoms with Gasteiger partial charge in [-0.1, -0.05) is 12.1 Å². The van der Waals surface area contributed by atoms with Crippen molar-refractivity contribution in [3.63, 3.8) is 0 Å². The molecule has 0 fully saturated rings. The summed E-state index contributed by atoms with van der Waals surface area (Å²) in [5, 5.41) is 13.7. The molecule has 0 aliphatic heterocycles. The monoisotopic (exact) mass is 268 g/mol. The largest absolute Gasteiger partial charge is 0.481 e. The molecule has 0 aromatic heterocycles. The summed E-state index contributed by atoms with van der Waals surface area (Å²) >= 11 is 0. The summed E-state index contributed by atoms with van der Waals surface area (Å²) in [6.45, 7) is 2.02. The maximum atomic E-state index is 12.7. The van der Waals surface area contributed by atoms with E-state index in [4.69, 9.17) is 5.11 Å². The molecule has 0 heterocycles. The van der Waals surface area contributed by atoms with Gasteiger partial charge < -0.3 is 15.7 Å². The number of halogens is 1. The summed E-state index contributed by atoms with van der Waals surface area (Å²) in [5.41, 5.74) is 0.917. The van der Waals surface area contributed by atoms with Gasteiger partial charge >= 0.3 is 12.0 Å². The lowest BCUT2D eigenvalue weighted by molar-refractivity contribution is -0.137. The lowest BCUT2D eigenvalue weighted by Crippen LogP contribution is -2.42. The molecule has 104 valence electrons. The third kappa shape index (κ3) is 6.40. The van der Waals surface area contributed by atoms with Crippen molar-refractivity contribution in [1.82, 2.24) is 10.6 Å². The van der Waals surface area contributed by atoms with Crippen LogP contribution < -0.4 is 10.6 Å². The number of aliphatic carboxylic acids is 1. The number of amides is 2. The molecule has 0 saturated heterocycles. The number of hydrogen-bond acceptors (Lipinski definition) is 2. The van der Waals surface area contributed by atoms with E-state index in [-0.39, 0.29) is 12.2 Å². The van der Waals surface area contributed by atoms with E-state index < -0.39 is 18.0 Å². The molecule has 0 spiro atoms. The fourth-order valence-corrected chi connectivity index (χ4v) is 1.56. The molecule has 1 atom stereocenters. The van der Waals surface area contributed by atoms with Crippen molar-refractivity contribution < 1.29 is 19.1 Å². The number of hydrogen-bond donors (Lipinski definition) is 3. The van der Waals surface area contributed by atoms with Crippen molar-refractivity contribution in [2.45, 2.75) is 25.8 Å². The number of rotatable bonds is 6. The lowest BCUT2D eigenvalue weighted by atomic mass is 10.1. The molecular weight excluding hydrogens is 251 g/mol. The standard InChI is InChI=1S/C13H17FN2O3/c1-9(8-12(17)18)16-13(19)15-7-6-10-2-4-11(14)5-3-10/h2-5,9H,6-8H2,1H3,(H,17,18)(H2,15,16,19). The van der Waals surface area contributed by atoms with Crippen LogP contribution in [0.3, 0.4) is 0 Å². The zero-order chi connectivity index (χ0) is 14.3. The second-order valence-corrected chi connectivity index (χ2v) is 4.28. The molecule has 0 radical (unpaired) electrons. The summed E-state index contributed by atoms with van der Waals surface area (Å²) in [4.78, 5) is 21.8. The Morgan fingerprint density at radius 1 is 1.32 bits per heavy atom. The van der Waals surface area contributed by atoms with E-state index in [1.54, 1.807) is 19.1 Å². The van der Waals surface area contributed by atoms with Crippen LogP contribution in [0, 0.1) is 5.82 Å². The van der Waals surface area contributed by atoms with Gasteiger partial charge in [-0.2, -0.15) is 0 Å². The van der Waals surface area contributed by atoms with Gasteiger partial charge in [-0.15, -0.1) is 0 Å². The molecule has 0 aliphatic rings. The molecule has 1 rings (SSSR count). The second-order valence-electron chi connectivity index (χ2n) is 4.28. The summed E-state index contributed by atoms with van der Waals surface area (Å²) in [6.07, 6.45) is 0.465. The zero-order valence-electron chi connectivity index (χ0n) is 10.6. The van der Waals surface area contributed by atoms with E-state index in [0.717, 1.165) is 5.56 Å². The minimum atomic E-state index is -0.959. The van der Waals surface area contributed by atoms with Crippen LogP contribution in [-0.4, -0.2) is 29.7 Å². The number of carbonyl (C=O) groups is 2. The van der Waals surface area contributed by atoms with Crippen molar-refractivity contribution in [3.05, 3.63) is 35.6 Å². The molecular formula is C13H17FN2O3. The van der Waals surface area contributed by atoms with Crippen molar-refractivity contribution in [3.8, 4) is 0 Å². The zero-order valence-corrected chi connectivity index (χ0v) is 10.6. The highest BCUT2D eigenvalue weighted by molar-refractivity contribution is 5.75. The molecule has 0 saturated carbocycles. The Morgan fingerprint density at radius 2 is 1.95 bits per heavy atom. The topological polar surface area (TPSA) is 78.4 Å². The van der Waals surface area contributed by atoms with Gasteiger partial charge in [0, 0.05) is 12.6 Å². The maximum absolute atomic E-state index is 12.7. The van der Waals surface area contributed by atoms with Crippen molar-refractivity contribution in [1.29, 1.82) is 0 Å². The molecule has 3 N–H and O–H groups in total. The highest BCUT2D eigenvalue weighted by Crippen LogP contribution is 2.02.